The first-order valence-corrected chi connectivity index (χ1v) is 13.1. The van der Waals surface area contributed by atoms with Gasteiger partial charge >= 0.3 is 12.1 Å². The minimum atomic E-state index is -4.88. The number of amides is 1. The standard InChI is InChI=1S/C27H28F4N4O5/c28-17-9-18-19(10-22(34-18)40-20-11-39-26(32)21(36)12-38-24(20)26)35-23(17)15-3-1-13(2-4-15)14-5-7-16(8-6-14)33-25(37)27(29,30)31/h1-4,9-10,14,16,20-21,24,34,36H,5-8,11-12,32H2,(H,33,37)/t14?,16?,20-,21-,24-,26-/m1/s1. The van der Waals surface area contributed by atoms with Crippen molar-refractivity contribution in [1.82, 2.24) is 15.3 Å². The van der Waals surface area contributed by atoms with Gasteiger partial charge in [-0.25, -0.2) is 9.37 Å². The molecule has 0 bridgehead atoms. The van der Waals surface area contributed by atoms with Gasteiger partial charge in [-0.2, -0.15) is 13.2 Å². The van der Waals surface area contributed by atoms with E-state index in [4.69, 9.17) is 19.9 Å². The summed E-state index contributed by atoms with van der Waals surface area (Å²) in [7, 11) is 0. The van der Waals surface area contributed by atoms with Gasteiger partial charge in [-0.1, -0.05) is 24.3 Å². The average molecular weight is 565 g/mol. The predicted molar refractivity (Wildman–Crippen MR) is 134 cm³/mol. The molecule has 0 radical (unpaired) electrons. The Morgan fingerprint density at radius 3 is 2.58 bits per heavy atom. The molecule has 3 aliphatic rings. The van der Waals surface area contributed by atoms with Crippen molar-refractivity contribution in [2.75, 3.05) is 13.2 Å². The van der Waals surface area contributed by atoms with Gasteiger partial charge in [0.1, 0.15) is 17.9 Å². The van der Waals surface area contributed by atoms with Crippen LogP contribution in [-0.2, 0) is 14.3 Å². The fourth-order valence-corrected chi connectivity index (χ4v) is 5.82. The SMILES string of the molecule is N[C@]12OC[C@@H](Oc3cc4nc(-c5ccc(C6CCC(NC(=O)C(F)(F)F)CC6)cc5)c(F)cc4[nH]3)[C@H]1OC[C@H]2O. The van der Waals surface area contributed by atoms with Gasteiger partial charge in [-0.15, -0.1) is 0 Å². The topological polar surface area (TPSA) is 132 Å². The number of pyridine rings is 1. The van der Waals surface area contributed by atoms with Crippen LogP contribution in [0.2, 0.25) is 0 Å². The maximum Gasteiger partial charge on any atom is 0.471 e. The molecule has 1 amide bonds. The molecule has 4 atom stereocenters. The van der Waals surface area contributed by atoms with Crippen molar-refractivity contribution in [3.63, 3.8) is 0 Å². The Bertz CT molecular complexity index is 1410. The van der Waals surface area contributed by atoms with Crippen LogP contribution < -0.4 is 15.8 Å². The molecule has 2 aliphatic heterocycles. The van der Waals surface area contributed by atoms with Crippen LogP contribution in [-0.4, -0.2) is 70.5 Å². The highest BCUT2D eigenvalue weighted by molar-refractivity contribution is 5.82. The summed E-state index contributed by atoms with van der Waals surface area (Å²) in [5.74, 6) is -1.96. The van der Waals surface area contributed by atoms with Gasteiger partial charge in [0.25, 0.3) is 0 Å². The molecule has 0 unspecified atom stereocenters. The fraction of sp³-hybridized carbons (Fsp3) is 0.481. The largest absolute Gasteiger partial charge is 0.471 e. The second kappa shape index (κ2) is 9.98. The van der Waals surface area contributed by atoms with E-state index in [0.717, 1.165) is 5.56 Å². The molecule has 40 heavy (non-hydrogen) atoms. The Morgan fingerprint density at radius 1 is 1.15 bits per heavy atom. The first kappa shape index (κ1) is 26.9. The number of nitrogens with zero attached hydrogens (tertiary/aromatic N) is 1. The van der Waals surface area contributed by atoms with Crippen molar-refractivity contribution < 1.29 is 41.7 Å². The van der Waals surface area contributed by atoms with E-state index >= 15 is 4.39 Å². The van der Waals surface area contributed by atoms with Crippen molar-refractivity contribution in [3.8, 4) is 17.1 Å². The van der Waals surface area contributed by atoms with Crippen LogP contribution in [0, 0.1) is 5.82 Å². The van der Waals surface area contributed by atoms with Crippen molar-refractivity contribution in [1.29, 1.82) is 0 Å². The molecule has 13 heteroatoms. The zero-order valence-electron chi connectivity index (χ0n) is 21.2. The zero-order chi connectivity index (χ0) is 28.2. The molecule has 1 aliphatic carbocycles. The van der Waals surface area contributed by atoms with Gasteiger partial charge in [-0.3, -0.25) is 10.5 Å². The third-order valence-corrected chi connectivity index (χ3v) is 8.02. The smallest absolute Gasteiger partial charge is 0.470 e. The van der Waals surface area contributed by atoms with Gasteiger partial charge in [0, 0.05) is 23.7 Å². The van der Waals surface area contributed by atoms with E-state index in [-0.39, 0.29) is 24.8 Å². The lowest BCUT2D eigenvalue weighted by molar-refractivity contribution is -0.174. The first-order valence-electron chi connectivity index (χ1n) is 13.1. The number of carbonyl (C=O) groups excluding carboxylic acids is 1. The summed E-state index contributed by atoms with van der Waals surface area (Å²) in [6.45, 7) is 0.168. The number of fused-ring (bicyclic) bond motifs is 2. The number of aromatic amines is 1. The highest BCUT2D eigenvalue weighted by Crippen LogP contribution is 2.37. The number of ether oxygens (including phenoxy) is 3. The summed E-state index contributed by atoms with van der Waals surface area (Å²) in [6, 6.07) is 9.78. The lowest BCUT2D eigenvalue weighted by atomic mass is 9.81. The summed E-state index contributed by atoms with van der Waals surface area (Å²) in [4.78, 5) is 18.7. The second-order valence-corrected chi connectivity index (χ2v) is 10.6. The van der Waals surface area contributed by atoms with Crippen LogP contribution in [0.3, 0.4) is 0 Å². The Labute approximate surface area is 226 Å². The molecule has 4 heterocycles. The van der Waals surface area contributed by atoms with Crippen molar-refractivity contribution >= 4 is 16.9 Å². The number of alkyl halides is 3. The number of nitrogens with one attached hydrogen (secondary N) is 2. The number of halogens is 4. The minimum absolute atomic E-state index is 0.0457. The number of aliphatic hydroxyl groups excluding tert-OH is 1. The Hall–Kier alpha value is -3.26. The predicted octanol–water partition coefficient (Wildman–Crippen LogP) is 3.27. The second-order valence-electron chi connectivity index (χ2n) is 10.6. The molecule has 1 aromatic carbocycles. The van der Waals surface area contributed by atoms with Crippen LogP contribution in [0.1, 0.15) is 37.2 Å². The molecule has 214 valence electrons. The van der Waals surface area contributed by atoms with E-state index in [9.17, 15) is 23.1 Å². The van der Waals surface area contributed by atoms with Gasteiger partial charge in [0.05, 0.1) is 24.2 Å². The van der Waals surface area contributed by atoms with E-state index in [1.807, 2.05) is 12.1 Å². The molecule has 0 spiro atoms. The van der Waals surface area contributed by atoms with E-state index in [1.54, 1.807) is 18.2 Å². The number of aliphatic hydroxyl groups is 1. The molecule has 6 rings (SSSR count). The molecule has 1 saturated carbocycles. The normalized spacial score (nSPS) is 30.4. The van der Waals surface area contributed by atoms with Crippen LogP contribution in [0.15, 0.2) is 36.4 Å². The van der Waals surface area contributed by atoms with E-state index in [2.05, 4.69) is 15.3 Å². The van der Waals surface area contributed by atoms with Crippen molar-refractivity contribution in [3.05, 3.63) is 47.8 Å². The Morgan fingerprint density at radius 2 is 1.88 bits per heavy atom. The van der Waals surface area contributed by atoms with Gasteiger partial charge < -0.3 is 29.6 Å². The van der Waals surface area contributed by atoms with Crippen LogP contribution in [0.4, 0.5) is 17.6 Å². The van der Waals surface area contributed by atoms with Gasteiger partial charge in [0.15, 0.2) is 23.5 Å². The van der Waals surface area contributed by atoms with Crippen LogP contribution in [0.25, 0.3) is 22.3 Å². The Balaban J connectivity index is 1.12. The van der Waals surface area contributed by atoms with Crippen LogP contribution in [0.5, 0.6) is 5.88 Å². The summed E-state index contributed by atoms with van der Waals surface area (Å²) < 4.78 is 69.7. The summed E-state index contributed by atoms with van der Waals surface area (Å²) >= 11 is 0. The first-order chi connectivity index (χ1) is 19.0. The van der Waals surface area contributed by atoms with Gasteiger partial charge in [0.2, 0.25) is 0 Å². The highest BCUT2D eigenvalue weighted by atomic mass is 19.4. The molecule has 3 aromatic rings. The average Bonchev–Trinajstić information content (AvgIpc) is 3.55. The molecular formula is C27H28F4N4O5. The lowest BCUT2D eigenvalue weighted by Gasteiger charge is -2.29. The number of aromatic nitrogens is 2. The van der Waals surface area contributed by atoms with Crippen molar-refractivity contribution in [2.24, 2.45) is 5.73 Å². The van der Waals surface area contributed by atoms with E-state index < -0.39 is 48.0 Å². The summed E-state index contributed by atoms with van der Waals surface area (Å²) in [5, 5.41) is 12.1. The molecule has 3 fully saturated rings. The number of rotatable bonds is 5. The lowest BCUT2D eigenvalue weighted by Crippen LogP contribution is -2.55. The van der Waals surface area contributed by atoms with Gasteiger partial charge in [-0.05, 0) is 37.2 Å². The summed E-state index contributed by atoms with van der Waals surface area (Å²) in [6.07, 6.45) is -4.89. The molecule has 5 N–H and O–H groups in total. The quantitative estimate of drug-likeness (QED) is 0.350. The third kappa shape index (κ3) is 4.91. The fourth-order valence-electron chi connectivity index (χ4n) is 5.82. The number of hydrogen-bond acceptors (Lipinski definition) is 7. The number of H-pyrrole nitrogens is 1. The Kier molecular flexibility index (Phi) is 6.72. The molecular weight excluding hydrogens is 536 g/mol. The number of carbonyl (C=O) groups is 1. The summed E-state index contributed by atoms with van der Waals surface area (Å²) in [5.41, 5.74) is 7.45. The maximum atomic E-state index is 15.1. The number of benzene rings is 1. The number of hydrogen-bond donors (Lipinski definition) is 4. The minimum Gasteiger partial charge on any atom is -0.470 e. The zero-order valence-corrected chi connectivity index (χ0v) is 21.2. The molecule has 2 aromatic heterocycles. The monoisotopic (exact) mass is 564 g/mol. The number of nitrogens with two attached hydrogens (primary N) is 1. The maximum absolute atomic E-state index is 15.1. The molecule has 2 saturated heterocycles. The highest BCUT2D eigenvalue weighted by Gasteiger charge is 2.58. The van der Waals surface area contributed by atoms with E-state index in [1.165, 1.54) is 6.07 Å². The van der Waals surface area contributed by atoms with E-state index in [0.29, 0.717) is 48.2 Å². The van der Waals surface area contributed by atoms with Crippen molar-refractivity contribution in [2.45, 2.75) is 67.9 Å². The molecule has 9 nitrogen and oxygen atoms in total. The third-order valence-electron chi connectivity index (χ3n) is 8.02. The van der Waals surface area contributed by atoms with Crippen LogP contribution >= 0.6 is 0 Å².